The smallest absolute Gasteiger partial charge is 0.312 e. The molecule has 1 aliphatic heterocycles. The van der Waals surface area contributed by atoms with Gasteiger partial charge in [0.1, 0.15) is 6.61 Å². The summed E-state index contributed by atoms with van der Waals surface area (Å²) in [6.45, 7) is 0.744. The summed E-state index contributed by atoms with van der Waals surface area (Å²) < 4.78 is 55.8. The molecule has 0 aromatic heterocycles. The lowest BCUT2D eigenvalue weighted by atomic mass is 10.2. The number of halogens is 1. The van der Waals surface area contributed by atoms with Crippen LogP contribution in [0.2, 0.25) is 0 Å². The lowest BCUT2D eigenvalue weighted by Gasteiger charge is -2.26. The third kappa shape index (κ3) is 4.63. The highest BCUT2D eigenvalue weighted by atomic mass is 32.2. The molecule has 1 fully saturated rings. The topological polar surface area (TPSA) is 108 Å². The first-order valence-electron chi connectivity index (χ1n) is 8.64. The standard InChI is InChI=1S/C18H19FN2O7S/c1-26-17-4-2-13(10-15(17)19)12-28-18-5-3-14(11-16(18)21(22)23)29(24,25)20-6-8-27-9-7-20/h2-5,10-11H,6-9,12H2,1H3. The van der Waals surface area contributed by atoms with Crippen LogP contribution in [0.5, 0.6) is 11.5 Å². The Morgan fingerprint density at radius 2 is 1.86 bits per heavy atom. The molecule has 2 aromatic carbocycles. The summed E-state index contributed by atoms with van der Waals surface area (Å²) in [6, 6.07) is 7.62. The number of rotatable bonds is 7. The summed E-state index contributed by atoms with van der Waals surface area (Å²) in [4.78, 5) is 10.5. The molecule has 0 N–H and O–H groups in total. The van der Waals surface area contributed by atoms with Gasteiger partial charge in [0.15, 0.2) is 17.3 Å². The van der Waals surface area contributed by atoms with Crippen molar-refractivity contribution in [2.45, 2.75) is 11.5 Å². The Morgan fingerprint density at radius 3 is 2.48 bits per heavy atom. The van der Waals surface area contributed by atoms with E-state index in [1.165, 1.54) is 35.7 Å². The molecule has 9 nitrogen and oxygen atoms in total. The Balaban J connectivity index is 1.83. The Bertz CT molecular complexity index is 1010. The highest BCUT2D eigenvalue weighted by Gasteiger charge is 2.29. The number of nitro benzene ring substituents is 1. The fourth-order valence-corrected chi connectivity index (χ4v) is 4.25. The Morgan fingerprint density at radius 1 is 1.17 bits per heavy atom. The van der Waals surface area contributed by atoms with Crippen LogP contribution in [0.15, 0.2) is 41.3 Å². The van der Waals surface area contributed by atoms with E-state index in [1.54, 1.807) is 6.07 Å². The van der Waals surface area contributed by atoms with Crippen LogP contribution in [-0.2, 0) is 21.4 Å². The first kappa shape index (κ1) is 21.0. The zero-order valence-corrected chi connectivity index (χ0v) is 16.4. The van der Waals surface area contributed by atoms with E-state index in [9.17, 15) is 22.9 Å². The molecule has 2 aromatic rings. The molecular weight excluding hydrogens is 407 g/mol. The third-order valence-electron chi connectivity index (χ3n) is 4.35. The van der Waals surface area contributed by atoms with Crippen LogP contribution in [0.3, 0.4) is 0 Å². The number of hydrogen-bond acceptors (Lipinski definition) is 7. The average Bonchev–Trinajstić information content (AvgIpc) is 2.72. The van der Waals surface area contributed by atoms with Crippen LogP contribution >= 0.6 is 0 Å². The maximum absolute atomic E-state index is 13.8. The fraction of sp³-hybridized carbons (Fsp3) is 0.333. The zero-order chi connectivity index (χ0) is 21.0. The molecule has 0 radical (unpaired) electrons. The molecule has 1 aliphatic rings. The van der Waals surface area contributed by atoms with Crippen LogP contribution < -0.4 is 9.47 Å². The molecule has 0 aliphatic carbocycles. The van der Waals surface area contributed by atoms with Gasteiger partial charge in [0, 0.05) is 19.2 Å². The lowest BCUT2D eigenvalue weighted by molar-refractivity contribution is -0.386. The number of nitrogens with zero attached hydrogens (tertiary/aromatic N) is 2. The Labute approximate surface area is 166 Å². The summed E-state index contributed by atoms with van der Waals surface area (Å²) in [5, 5.41) is 11.4. The molecule has 29 heavy (non-hydrogen) atoms. The SMILES string of the molecule is COc1ccc(COc2ccc(S(=O)(=O)N3CCOCC3)cc2[N+](=O)[O-])cc1F. The van der Waals surface area contributed by atoms with Gasteiger partial charge in [-0.2, -0.15) is 4.31 Å². The van der Waals surface area contributed by atoms with Gasteiger partial charge in [-0.3, -0.25) is 10.1 Å². The van der Waals surface area contributed by atoms with Gasteiger partial charge >= 0.3 is 5.69 Å². The number of hydrogen-bond donors (Lipinski definition) is 0. The molecule has 0 bridgehead atoms. The van der Waals surface area contributed by atoms with Crippen molar-refractivity contribution in [1.29, 1.82) is 0 Å². The molecule has 3 rings (SSSR count). The largest absolute Gasteiger partial charge is 0.494 e. The highest BCUT2D eigenvalue weighted by Crippen LogP contribution is 2.32. The maximum atomic E-state index is 13.8. The number of methoxy groups -OCH3 is 1. The molecule has 1 saturated heterocycles. The summed E-state index contributed by atoms with van der Waals surface area (Å²) in [7, 11) is -2.55. The van der Waals surface area contributed by atoms with Crippen LogP contribution in [0.1, 0.15) is 5.56 Å². The van der Waals surface area contributed by atoms with Crippen molar-refractivity contribution < 1.29 is 31.9 Å². The van der Waals surface area contributed by atoms with E-state index in [4.69, 9.17) is 14.2 Å². The van der Waals surface area contributed by atoms with Gasteiger partial charge in [-0.25, -0.2) is 12.8 Å². The van der Waals surface area contributed by atoms with Crippen LogP contribution in [0.4, 0.5) is 10.1 Å². The van der Waals surface area contributed by atoms with Crippen LogP contribution in [0, 0.1) is 15.9 Å². The predicted octanol–water partition coefficient (Wildman–Crippen LogP) is 2.34. The number of morpholine rings is 1. The summed E-state index contributed by atoms with van der Waals surface area (Å²) in [5.74, 6) is -0.639. The average molecular weight is 426 g/mol. The van der Waals surface area contributed by atoms with Gasteiger partial charge < -0.3 is 14.2 Å². The Hall–Kier alpha value is -2.76. The van der Waals surface area contributed by atoms with E-state index in [2.05, 4.69) is 0 Å². The van der Waals surface area contributed by atoms with Gasteiger partial charge in [-0.1, -0.05) is 6.07 Å². The normalized spacial score (nSPS) is 15.1. The second kappa shape index (κ2) is 8.72. The monoisotopic (exact) mass is 426 g/mol. The minimum absolute atomic E-state index is 0.0670. The molecule has 0 saturated carbocycles. The molecule has 0 spiro atoms. The van der Waals surface area contributed by atoms with E-state index in [0.717, 1.165) is 6.07 Å². The molecular formula is C18H19FN2O7S. The van der Waals surface area contributed by atoms with E-state index < -0.39 is 26.5 Å². The van der Waals surface area contributed by atoms with Gasteiger partial charge in [0.2, 0.25) is 10.0 Å². The van der Waals surface area contributed by atoms with Crippen LogP contribution in [-0.4, -0.2) is 51.1 Å². The predicted molar refractivity (Wildman–Crippen MR) is 100.0 cm³/mol. The lowest BCUT2D eigenvalue weighted by Crippen LogP contribution is -2.40. The first-order valence-corrected chi connectivity index (χ1v) is 10.1. The van der Waals surface area contributed by atoms with Crippen molar-refractivity contribution in [1.82, 2.24) is 4.31 Å². The first-order chi connectivity index (χ1) is 13.8. The summed E-state index contributed by atoms with van der Waals surface area (Å²) in [5.41, 5.74) is -0.0593. The molecule has 156 valence electrons. The minimum atomic E-state index is -3.89. The van der Waals surface area contributed by atoms with Gasteiger partial charge in [-0.15, -0.1) is 0 Å². The second-order valence-corrected chi connectivity index (χ2v) is 8.10. The number of sulfonamides is 1. The zero-order valence-electron chi connectivity index (χ0n) is 15.5. The molecule has 0 unspecified atom stereocenters. The van der Waals surface area contributed by atoms with Crippen molar-refractivity contribution in [3.8, 4) is 11.5 Å². The maximum Gasteiger partial charge on any atom is 0.312 e. The third-order valence-corrected chi connectivity index (χ3v) is 6.24. The fourth-order valence-electron chi connectivity index (χ4n) is 2.82. The van der Waals surface area contributed by atoms with E-state index in [0.29, 0.717) is 5.56 Å². The van der Waals surface area contributed by atoms with Gasteiger partial charge in [-0.05, 0) is 29.8 Å². The van der Waals surface area contributed by atoms with Crippen molar-refractivity contribution in [2.75, 3.05) is 33.4 Å². The molecule has 0 atom stereocenters. The minimum Gasteiger partial charge on any atom is -0.494 e. The Kier molecular flexibility index (Phi) is 6.30. The molecule has 1 heterocycles. The van der Waals surface area contributed by atoms with Crippen molar-refractivity contribution in [2.24, 2.45) is 0 Å². The van der Waals surface area contributed by atoms with Crippen LogP contribution in [0.25, 0.3) is 0 Å². The molecule has 0 amide bonds. The van der Waals surface area contributed by atoms with Crippen molar-refractivity contribution >= 4 is 15.7 Å². The van der Waals surface area contributed by atoms with E-state index >= 15 is 0 Å². The molecule has 11 heteroatoms. The van der Waals surface area contributed by atoms with Gasteiger partial charge in [0.25, 0.3) is 0 Å². The summed E-state index contributed by atoms with van der Waals surface area (Å²) in [6.07, 6.45) is 0. The second-order valence-electron chi connectivity index (χ2n) is 6.16. The van der Waals surface area contributed by atoms with Gasteiger partial charge in [0.05, 0.1) is 30.1 Å². The number of ether oxygens (including phenoxy) is 3. The van der Waals surface area contributed by atoms with E-state index in [-0.39, 0.29) is 49.3 Å². The summed E-state index contributed by atoms with van der Waals surface area (Å²) >= 11 is 0. The van der Waals surface area contributed by atoms with Crippen molar-refractivity contribution in [3.05, 3.63) is 57.9 Å². The number of nitro groups is 1. The quantitative estimate of drug-likeness (QED) is 0.494. The highest BCUT2D eigenvalue weighted by molar-refractivity contribution is 7.89. The van der Waals surface area contributed by atoms with Crippen molar-refractivity contribution in [3.63, 3.8) is 0 Å². The van der Waals surface area contributed by atoms with E-state index in [1.807, 2.05) is 0 Å². The number of benzene rings is 2.